The molecule has 4 heteroatoms. The molecule has 3 atom stereocenters. The molecule has 2 fully saturated rings. The minimum Gasteiger partial charge on any atom is -0.318 e. The van der Waals surface area contributed by atoms with E-state index in [1.165, 1.54) is 11.3 Å². The molecule has 0 aromatic heterocycles. The van der Waals surface area contributed by atoms with Gasteiger partial charge in [-0.25, -0.2) is 0 Å². The number of hydrogen-bond donors (Lipinski definition) is 1. The maximum Gasteiger partial charge on any atom is 0.241 e. The number of thioether (sulfide) groups is 1. The predicted molar refractivity (Wildman–Crippen MR) is 88.2 cm³/mol. The molecule has 114 valence electrons. The lowest BCUT2D eigenvalue weighted by molar-refractivity contribution is -0.132. The highest BCUT2D eigenvalue weighted by Gasteiger charge is 2.43. The number of amides is 1. The van der Waals surface area contributed by atoms with Crippen LogP contribution in [-0.4, -0.2) is 34.4 Å². The van der Waals surface area contributed by atoms with Gasteiger partial charge < -0.3 is 4.90 Å². The molecule has 2 heterocycles. The third kappa shape index (κ3) is 3.11. The molecule has 0 spiro atoms. The number of nitrogens with zero attached hydrogens (tertiary/aromatic N) is 1. The number of carbonyl (C=O) groups is 1. The fourth-order valence-electron chi connectivity index (χ4n) is 3.29. The van der Waals surface area contributed by atoms with Crippen molar-refractivity contribution in [2.75, 3.05) is 11.5 Å². The van der Waals surface area contributed by atoms with Crippen LogP contribution in [0.25, 0.3) is 0 Å². The quantitative estimate of drug-likeness (QED) is 0.907. The van der Waals surface area contributed by atoms with Crippen LogP contribution in [0.5, 0.6) is 0 Å². The number of benzene rings is 1. The average molecular weight is 304 g/mol. The van der Waals surface area contributed by atoms with Crippen LogP contribution in [0.4, 0.5) is 0 Å². The second kappa shape index (κ2) is 6.84. The van der Waals surface area contributed by atoms with E-state index in [2.05, 4.69) is 41.4 Å². The summed E-state index contributed by atoms with van der Waals surface area (Å²) >= 11 is 1.97. The molecule has 3 nitrogen and oxygen atoms in total. The molecular formula is C17H24N2OS. The molecule has 1 aromatic carbocycles. The van der Waals surface area contributed by atoms with Crippen LogP contribution in [0, 0.1) is 0 Å². The van der Waals surface area contributed by atoms with Gasteiger partial charge in [-0.3, -0.25) is 10.1 Å². The molecule has 1 N–H and O–H groups in total. The van der Waals surface area contributed by atoms with Gasteiger partial charge in [-0.2, -0.15) is 11.8 Å². The normalized spacial score (nSPS) is 29.3. The molecule has 21 heavy (non-hydrogen) atoms. The van der Waals surface area contributed by atoms with Gasteiger partial charge in [-0.1, -0.05) is 50.1 Å². The second-order valence-electron chi connectivity index (χ2n) is 5.94. The van der Waals surface area contributed by atoms with Crippen molar-refractivity contribution in [2.24, 2.45) is 0 Å². The van der Waals surface area contributed by atoms with E-state index in [9.17, 15) is 4.79 Å². The average Bonchev–Trinajstić information content (AvgIpc) is 3.14. The second-order valence-corrected chi connectivity index (χ2v) is 7.09. The molecular weight excluding hydrogens is 280 g/mol. The fraction of sp³-hybridized carbons (Fsp3) is 0.588. The van der Waals surface area contributed by atoms with Crippen molar-refractivity contribution in [1.29, 1.82) is 0 Å². The van der Waals surface area contributed by atoms with E-state index >= 15 is 0 Å². The summed E-state index contributed by atoms with van der Waals surface area (Å²) in [4.78, 5) is 15.0. The molecule has 1 aromatic rings. The highest BCUT2D eigenvalue weighted by atomic mass is 32.2. The van der Waals surface area contributed by atoms with Gasteiger partial charge in [0.05, 0.1) is 6.04 Å². The number of rotatable bonds is 5. The number of nitrogens with one attached hydrogen (secondary N) is 1. The molecule has 3 rings (SSSR count). The standard InChI is InChI=1S/C17H24N2OS/c1-2-3-9-15-17(20)19(14-10-11-21-12-14)16(18-15)13-7-5-4-6-8-13/h4-8,14-16,18H,2-3,9-12H2,1H3. The van der Waals surface area contributed by atoms with Gasteiger partial charge in [0.1, 0.15) is 6.17 Å². The summed E-state index contributed by atoms with van der Waals surface area (Å²) in [6, 6.07) is 10.8. The third-order valence-corrected chi connectivity index (χ3v) is 5.60. The van der Waals surface area contributed by atoms with Gasteiger partial charge >= 0.3 is 0 Å². The maximum absolute atomic E-state index is 12.8. The molecule has 0 radical (unpaired) electrons. The number of hydrogen-bond acceptors (Lipinski definition) is 3. The van der Waals surface area contributed by atoms with Crippen LogP contribution in [0.1, 0.15) is 44.3 Å². The Balaban J connectivity index is 1.83. The third-order valence-electron chi connectivity index (χ3n) is 4.45. The first-order valence-electron chi connectivity index (χ1n) is 8.02. The summed E-state index contributed by atoms with van der Waals surface area (Å²) in [5.74, 6) is 2.57. The maximum atomic E-state index is 12.8. The monoisotopic (exact) mass is 304 g/mol. The zero-order chi connectivity index (χ0) is 14.7. The smallest absolute Gasteiger partial charge is 0.241 e. The lowest BCUT2D eigenvalue weighted by atomic mass is 10.1. The molecule has 2 aliphatic rings. The van der Waals surface area contributed by atoms with E-state index in [0.717, 1.165) is 31.4 Å². The van der Waals surface area contributed by atoms with Crippen LogP contribution in [-0.2, 0) is 4.79 Å². The van der Waals surface area contributed by atoms with Gasteiger partial charge in [-0.05, 0) is 24.2 Å². The summed E-state index contributed by atoms with van der Waals surface area (Å²) in [5.41, 5.74) is 1.21. The van der Waals surface area contributed by atoms with Crippen molar-refractivity contribution in [3.05, 3.63) is 35.9 Å². The Morgan fingerprint density at radius 2 is 2.14 bits per heavy atom. The Hall–Kier alpha value is -1.00. The molecule has 2 saturated heterocycles. The Bertz CT molecular complexity index is 473. The van der Waals surface area contributed by atoms with E-state index in [1.54, 1.807) is 0 Å². The Kier molecular flexibility index (Phi) is 4.86. The Morgan fingerprint density at radius 3 is 2.81 bits per heavy atom. The minimum atomic E-state index is 0.000700. The van der Waals surface area contributed by atoms with Crippen LogP contribution in [0.3, 0.4) is 0 Å². The van der Waals surface area contributed by atoms with Crippen molar-refractivity contribution in [3.8, 4) is 0 Å². The summed E-state index contributed by atoms with van der Waals surface area (Å²) in [5, 5.41) is 3.59. The van der Waals surface area contributed by atoms with Gasteiger partial charge in [0.15, 0.2) is 0 Å². The molecule has 1 amide bonds. The molecule has 0 saturated carbocycles. The summed E-state index contributed by atoms with van der Waals surface area (Å²) < 4.78 is 0. The zero-order valence-electron chi connectivity index (χ0n) is 12.6. The molecule has 0 aliphatic carbocycles. The van der Waals surface area contributed by atoms with Crippen molar-refractivity contribution in [3.63, 3.8) is 0 Å². The predicted octanol–water partition coefficient (Wildman–Crippen LogP) is 3.18. The zero-order valence-corrected chi connectivity index (χ0v) is 13.4. The molecule has 2 aliphatic heterocycles. The van der Waals surface area contributed by atoms with Crippen LogP contribution in [0.15, 0.2) is 30.3 Å². The fourth-order valence-corrected chi connectivity index (χ4v) is 4.49. The number of unbranched alkanes of at least 4 members (excludes halogenated alkanes) is 1. The van der Waals surface area contributed by atoms with Crippen molar-refractivity contribution < 1.29 is 4.79 Å². The topological polar surface area (TPSA) is 32.3 Å². The van der Waals surface area contributed by atoms with Gasteiger partial charge in [0.2, 0.25) is 5.91 Å². The first-order chi connectivity index (χ1) is 10.3. The van der Waals surface area contributed by atoms with Crippen LogP contribution in [0.2, 0.25) is 0 Å². The van der Waals surface area contributed by atoms with Crippen LogP contribution < -0.4 is 5.32 Å². The minimum absolute atomic E-state index is 0.000700. The number of carbonyl (C=O) groups excluding carboxylic acids is 1. The van der Waals surface area contributed by atoms with Crippen LogP contribution >= 0.6 is 11.8 Å². The van der Waals surface area contributed by atoms with E-state index in [4.69, 9.17) is 0 Å². The first-order valence-corrected chi connectivity index (χ1v) is 9.17. The van der Waals surface area contributed by atoms with E-state index in [0.29, 0.717) is 11.9 Å². The lowest BCUT2D eigenvalue weighted by Gasteiger charge is -2.30. The van der Waals surface area contributed by atoms with Gasteiger partial charge in [0, 0.05) is 11.8 Å². The van der Waals surface area contributed by atoms with E-state index in [1.807, 2.05) is 17.8 Å². The first kappa shape index (κ1) is 14.9. The highest BCUT2D eigenvalue weighted by molar-refractivity contribution is 7.99. The van der Waals surface area contributed by atoms with Gasteiger partial charge in [0.25, 0.3) is 0 Å². The van der Waals surface area contributed by atoms with Gasteiger partial charge in [-0.15, -0.1) is 0 Å². The lowest BCUT2D eigenvalue weighted by Crippen LogP contribution is -2.40. The largest absolute Gasteiger partial charge is 0.318 e. The van der Waals surface area contributed by atoms with Crippen molar-refractivity contribution in [2.45, 2.75) is 50.9 Å². The SMILES string of the molecule is CCCCC1NC(c2ccccc2)N(C2CCSC2)C1=O. The molecule has 3 unspecified atom stereocenters. The Labute approximate surface area is 131 Å². The molecule has 0 bridgehead atoms. The van der Waals surface area contributed by atoms with Crippen molar-refractivity contribution >= 4 is 17.7 Å². The summed E-state index contributed by atoms with van der Waals surface area (Å²) in [7, 11) is 0. The van der Waals surface area contributed by atoms with Crippen molar-refractivity contribution in [1.82, 2.24) is 10.2 Å². The Morgan fingerprint density at radius 1 is 1.33 bits per heavy atom. The highest BCUT2D eigenvalue weighted by Crippen LogP contribution is 2.34. The van der Waals surface area contributed by atoms with E-state index < -0.39 is 0 Å². The summed E-state index contributed by atoms with van der Waals surface area (Å²) in [6.07, 6.45) is 4.39. The van der Waals surface area contributed by atoms with E-state index in [-0.39, 0.29) is 12.2 Å². The summed E-state index contributed by atoms with van der Waals surface area (Å²) in [6.45, 7) is 2.18.